The van der Waals surface area contributed by atoms with Gasteiger partial charge in [0.1, 0.15) is 28.4 Å². The van der Waals surface area contributed by atoms with Gasteiger partial charge < -0.3 is 45.1 Å². The van der Waals surface area contributed by atoms with Gasteiger partial charge in [0, 0.05) is 57.6 Å². The summed E-state index contributed by atoms with van der Waals surface area (Å²) in [7, 11) is 1.48. The molecule has 0 fully saturated rings. The second-order valence-corrected chi connectivity index (χ2v) is 22.3. The van der Waals surface area contributed by atoms with E-state index in [2.05, 4.69) is 55.8 Å². The highest BCUT2D eigenvalue weighted by atomic mass is 35.5. The fourth-order valence-electron chi connectivity index (χ4n) is 9.11. The average Bonchev–Trinajstić information content (AvgIpc) is 1.92. The van der Waals surface area contributed by atoms with Gasteiger partial charge in [0.05, 0.1) is 86.7 Å². The van der Waals surface area contributed by atoms with Crippen LogP contribution in [0.2, 0.25) is 25.2 Å². The van der Waals surface area contributed by atoms with Gasteiger partial charge in [-0.3, -0.25) is 14.4 Å². The average molecular weight is 1320 g/mol. The molecular formula is C70H56Cl5N11O6. The third kappa shape index (κ3) is 16.6. The summed E-state index contributed by atoms with van der Waals surface area (Å²) in [6.45, 7) is 6.21. The Labute approximate surface area is 554 Å². The minimum atomic E-state index is -0.396. The molecule has 12 rings (SSSR count). The van der Waals surface area contributed by atoms with Gasteiger partial charge in [-0.2, -0.15) is 0 Å². The molecule has 0 radical (unpaired) electrons. The number of carbonyl (C=O) groups is 3. The Hall–Kier alpha value is -10.3. The number of aromatic amines is 3. The van der Waals surface area contributed by atoms with Crippen molar-refractivity contribution in [1.82, 2.24) is 39.9 Å². The van der Waals surface area contributed by atoms with Crippen LogP contribution in [0.25, 0.3) is 67.9 Å². The number of hydrogen-bond acceptors (Lipinski definition) is 11. The van der Waals surface area contributed by atoms with E-state index in [1.54, 1.807) is 122 Å². The maximum Gasteiger partial charge on any atom is 0.258 e. The minimum absolute atomic E-state index is 0.0290. The van der Waals surface area contributed by atoms with Crippen LogP contribution in [0.1, 0.15) is 51.8 Å². The number of amides is 3. The topological polar surface area (TPSA) is 227 Å². The Balaban J connectivity index is 0.000000151. The fourth-order valence-corrected chi connectivity index (χ4v) is 10.2. The second kappa shape index (κ2) is 30.5. The van der Waals surface area contributed by atoms with E-state index in [0.29, 0.717) is 107 Å². The van der Waals surface area contributed by atoms with Gasteiger partial charge >= 0.3 is 0 Å². The van der Waals surface area contributed by atoms with Gasteiger partial charge in [0.2, 0.25) is 11.8 Å². The third-order valence-electron chi connectivity index (χ3n) is 13.5. The molecule has 0 atom stereocenters. The molecule has 0 aliphatic rings. The Morgan fingerprint density at radius 3 is 1.32 bits per heavy atom. The lowest BCUT2D eigenvalue weighted by molar-refractivity contribution is 0.101. The molecule has 0 aliphatic carbocycles. The number of rotatable bonds is 17. The molecule has 5 heterocycles. The van der Waals surface area contributed by atoms with E-state index in [0.717, 1.165) is 33.8 Å². The molecule has 0 aliphatic heterocycles. The first kappa shape index (κ1) is 64.7. The van der Waals surface area contributed by atoms with Crippen LogP contribution in [-0.4, -0.2) is 77.4 Å². The molecule has 0 saturated carbocycles. The first-order valence-corrected chi connectivity index (χ1v) is 30.4. The SMILES string of the molecule is CC(C)Oc1cc(C(=O)Nc2ccc(Cl)c(-c3ncc(-c4ccccc4)[nH]3)c2)ccn1.CCOc1ccc(C(=O)Nc2ccc(Cl)c(-c3ncc(-c4ccccc4)[nH]3)c2)c(Cl)c1.COc1ccc(C(=O)Nc2ccc(Cl)c(-c3ncc(-c4ccccc4)[nH]3)c2)c(Cl)n1. The van der Waals surface area contributed by atoms with E-state index in [1.165, 1.54) is 7.11 Å². The van der Waals surface area contributed by atoms with Crippen molar-refractivity contribution in [3.8, 4) is 85.4 Å². The number of carbonyl (C=O) groups excluding carboxylic acids is 3. The van der Waals surface area contributed by atoms with Crippen molar-refractivity contribution >= 4 is 92.8 Å². The highest BCUT2D eigenvalue weighted by molar-refractivity contribution is 6.36. The second-order valence-electron chi connectivity index (χ2n) is 20.3. The highest BCUT2D eigenvalue weighted by Gasteiger charge is 2.19. The van der Waals surface area contributed by atoms with Crippen LogP contribution in [0.3, 0.4) is 0 Å². The smallest absolute Gasteiger partial charge is 0.258 e. The van der Waals surface area contributed by atoms with Crippen LogP contribution in [0, 0.1) is 0 Å². The molecule has 0 bridgehead atoms. The molecule has 5 aromatic heterocycles. The van der Waals surface area contributed by atoms with Gasteiger partial charge in [0.25, 0.3) is 17.7 Å². The maximum atomic E-state index is 12.7. The van der Waals surface area contributed by atoms with Crippen LogP contribution < -0.4 is 30.2 Å². The molecule has 17 nitrogen and oxygen atoms in total. The predicted octanol–water partition coefficient (Wildman–Crippen LogP) is 18.2. The summed E-state index contributed by atoms with van der Waals surface area (Å²) in [5.41, 5.74) is 10.5. The first-order valence-electron chi connectivity index (χ1n) is 28.5. The Morgan fingerprint density at radius 1 is 0.467 bits per heavy atom. The van der Waals surface area contributed by atoms with Gasteiger partial charge in [-0.1, -0.05) is 149 Å². The molecule has 0 saturated heterocycles. The van der Waals surface area contributed by atoms with E-state index in [-0.39, 0.29) is 28.6 Å². The van der Waals surface area contributed by atoms with Crippen molar-refractivity contribution in [3.05, 3.63) is 255 Å². The summed E-state index contributed by atoms with van der Waals surface area (Å²) >= 11 is 31.6. The van der Waals surface area contributed by atoms with Crippen LogP contribution in [0.5, 0.6) is 17.5 Å². The predicted molar refractivity (Wildman–Crippen MR) is 366 cm³/mol. The number of H-pyrrole nitrogens is 3. The monoisotopic (exact) mass is 1320 g/mol. The van der Waals surface area contributed by atoms with E-state index < -0.39 is 5.91 Å². The summed E-state index contributed by atoms with van der Waals surface area (Å²) in [4.78, 5) is 69.4. The summed E-state index contributed by atoms with van der Waals surface area (Å²) in [6.07, 6.45) is 6.78. The van der Waals surface area contributed by atoms with Crippen molar-refractivity contribution in [2.75, 3.05) is 29.7 Å². The maximum absolute atomic E-state index is 12.7. The number of imidazole rings is 3. The molecule has 462 valence electrons. The lowest BCUT2D eigenvalue weighted by Crippen LogP contribution is -2.13. The third-order valence-corrected chi connectivity index (χ3v) is 15.1. The summed E-state index contributed by atoms with van der Waals surface area (Å²) in [5, 5.41) is 10.5. The number of nitrogens with zero attached hydrogens (tertiary/aromatic N) is 5. The van der Waals surface area contributed by atoms with Gasteiger partial charge in [-0.15, -0.1) is 0 Å². The van der Waals surface area contributed by atoms with Crippen LogP contribution in [-0.2, 0) is 0 Å². The zero-order valence-corrected chi connectivity index (χ0v) is 53.3. The molecular weight excluding hydrogens is 1270 g/mol. The van der Waals surface area contributed by atoms with Crippen LogP contribution >= 0.6 is 58.0 Å². The molecule has 12 aromatic rings. The van der Waals surface area contributed by atoms with Crippen molar-refractivity contribution in [2.45, 2.75) is 26.9 Å². The summed E-state index contributed by atoms with van der Waals surface area (Å²) in [6, 6.07) is 56.6. The minimum Gasteiger partial charge on any atom is -0.494 e. The largest absolute Gasteiger partial charge is 0.494 e. The number of nitrogens with one attached hydrogen (secondary N) is 6. The Bertz CT molecular complexity index is 4550. The molecule has 7 aromatic carbocycles. The van der Waals surface area contributed by atoms with Crippen LogP contribution in [0.15, 0.2) is 213 Å². The summed E-state index contributed by atoms with van der Waals surface area (Å²) in [5.74, 6) is 2.19. The van der Waals surface area contributed by atoms with E-state index in [4.69, 9.17) is 72.2 Å². The zero-order chi connectivity index (χ0) is 64.7. The lowest BCUT2D eigenvalue weighted by atomic mass is 10.1. The van der Waals surface area contributed by atoms with Crippen molar-refractivity contribution in [3.63, 3.8) is 0 Å². The van der Waals surface area contributed by atoms with E-state index in [9.17, 15) is 14.4 Å². The van der Waals surface area contributed by atoms with Crippen molar-refractivity contribution < 1.29 is 28.6 Å². The molecule has 0 unspecified atom stereocenters. The number of methoxy groups -OCH3 is 1. The first-order chi connectivity index (χ1) is 44.6. The number of anilines is 3. The number of aromatic nitrogens is 8. The number of halogens is 5. The standard InChI is InChI=1S/C24H19Cl2N3O2.C24H21ClN4O2.C22H16Cl2N4O2/c1-2-31-17-9-10-18(21(26)13-17)24(30)28-16-8-11-20(25)19(12-16)23-27-14-22(29-23)15-6-4-3-5-7-15;1-15(2)31-22-12-17(10-11-26-22)24(30)28-18-8-9-20(25)19(13-18)23-27-14-21(29-23)16-6-4-3-5-7-16;1-30-19-10-8-15(20(24)28-19)22(29)26-14-7-9-17(23)16(11-14)21-25-12-18(27-21)13-5-3-2-4-6-13/h3-14H,2H2,1H3,(H,27,29)(H,28,30);3-15H,1-2H3,(H,27,29)(H,28,30);2-12H,1H3,(H,25,27)(H,26,29). The fraction of sp³-hybridized carbons (Fsp3) is 0.0857. The number of pyridine rings is 2. The molecule has 6 N–H and O–H groups in total. The van der Waals surface area contributed by atoms with Gasteiger partial charge in [0.15, 0.2) is 0 Å². The number of ether oxygens (including phenoxy) is 3. The summed E-state index contributed by atoms with van der Waals surface area (Å²) < 4.78 is 16.0. The van der Waals surface area contributed by atoms with Crippen molar-refractivity contribution in [1.29, 1.82) is 0 Å². The normalized spacial score (nSPS) is 10.7. The van der Waals surface area contributed by atoms with Crippen LogP contribution in [0.4, 0.5) is 17.1 Å². The van der Waals surface area contributed by atoms with E-state index in [1.807, 2.05) is 112 Å². The highest BCUT2D eigenvalue weighted by Crippen LogP contribution is 2.35. The Kier molecular flexibility index (Phi) is 21.4. The van der Waals surface area contributed by atoms with E-state index >= 15 is 0 Å². The Morgan fingerprint density at radius 2 is 0.902 bits per heavy atom. The van der Waals surface area contributed by atoms with Gasteiger partial charge in [-0.05, 0) is 122 Å². The number of hydrogen-bond donors (Lipinski definition) is 6. The molecule has 0 spiro atoms. The molecule has 22 heteroatoms. The molecule has 92 heavy (non-hydrogen) atoms. The lowest BCUT2D eigenvalue weighted by Gasteiger charge is -2.11. The number of benzene rings is 7. The van der Waals surface area contributed by atoms with Gasteiger partial charge in [-0.25, -0.2) is 24.9 Å². The zero-order valence-electron chi connectivity index (χ0n) is 49.6. The quantitative estimate of drug-likeness (QED) is 0.0470. The molecule has 3 amide bonds. The van der Waals surface area contributed by atoms with Crippen molar-refractivity contribution in [2.24, 2.45) is 0 Å².